The molecular formula is C25H32O9S. The third-order valence-corrected chi connectivity index (χ3v) is 6.53. The van der Waals surface area contributed by atoms with Crippen LogP contribution in [0.4, 0.5) is 0 Å². The minimum Gasteiger partial charge on any atom is -0.455 e. The number of carbonyl (C=O) groups excluding carboxylic acids is 3. The molecule has 5 atom stereocenters. The van der Waals surface area contributed by atoms with Gasteiger partial charge in [-0.25, -0.2) is 0 Å². The Hall–Kier alpha value is -2.53. The Balaban J connectivity index is 1.98. The monoisotopic (exact) mass is 508 g/mol. The third kappa shape index (κ3) is 7.00. The summed E-state index contributed by atoms with van der Waals surface area (Å²) in [6, 6.07) is 9.62. The largest absolute Gasteiger partial charge is 0.455 e. The zero-order chi connectivity index (χ0) is 25.4. The van der Waals surface area contributed by atoms with Crippen LogP contribution in [0.3, 0.4) is 0 Å². The topological polar surface area (TPSA) is 107 Å². The molecule has 35 heavy (non-hydrogen) atoms. The van der Waals surface area contributed by atoms with Crippen molar-refractivity contribution in [3.63, 3.8) is 0 Å². The normalized spacial score (nSPS) is 25.8. The molecule has 0 unspecified atom stereocenters. The van der Waals surface area contributed by atoms with E-state index in [4.69, 9.17) is 28.4 Å². The first-order valence-electron chi connectivity index (χ1n) is 11.9. The zero-order valence-electron chi connectivity index (χ0n) is 20.4. The van der Waals surface area contributed by atoms with Crippen LogP contribution in [0.15, 0.2) is 30.3 Å². The predicted molar refractivity (Wildman–Crippen MR) is 129 cm³/mol. The van der Waals surface area contributed by atoms with Gasteiger partial charge >= 0.3 is 17.9 Å². The van der Waals surface area contributed by atoms with E-state index in [-0.39, 0.29) is 25.9 Å². The second-order valence-corrected chi connectivity index (χ2v) is 8.95. The van der Waals surface area contributed by atoms with E-state index in [9.17, 15) is 14.4 Å². The average molecular weight is 509 g/mol. The Morgan fingerprint density at radius 2 is 1.46 bits per heavy atom. The third-order valence-electron chi connectivity index (χ3n) is 5.37. The van der Waals surface area contributed by atoms with Crippen molar-refractivity contribution in [3.05, 3.63) is 35.9 Å². The number of carbonyl (C=O) groups is 3. The van der Waals surface area contributed by atoms with E-state index < -0.39 is 48.6 Å². The summed E-state index contributed by atoms with van der Waals surface area (Å²) in [5, 5.41) is 1.12. The molecule has 2 aliphatic heterocycles. The van der Waals surface area contributed by atoms with Crippen molar-refractivity contribution in [2.24, 2.45) is 0 Å². The molecule has 0 bridgehead atoms. The van der Waals surface area contributed by atoms with Gasteiger partial charge in [-0.3, -0.25) is 14.4 Å². The van der Waals surface area contributed by atoms with Gasteiger partial charge in [-0.2, -0.15) is 0 Å². The summed E-state index contributed by atoms with van der Waals surface area (Å²) < 4.78 is 35.2. The van der Waals surface area contributed by atoms with Gasteiger partial charge in [0.05, 0.1) is 6.61 Å². The molecule has 3 rings (SSSR count). The van der Waals surface area contributed by atoms with E-state index in [1.165, 1.54) is 10.9 Å². The molecule has 1 aromatic carbocycles. The molecule has 0 spiro atoms. The molecule has 0 radical (unpaired) electrons. The lowest BCUT2D eigenvalue weighted by Gasteiger charge is -2.45. The fourth-order valence-electron chi connectivity index (χ4n) is 3.51. The molecule has 10 heteroatoms. The van der Waals surface area contributed by atoms with Gasteiger partial charge in [-0.15, -0.1) is 0 Å². The molecule has 2 aliphatic rings. The maximum Gasteiger partial charge on any atom is 0.307 e. The molecule has 9 nitrogen and oxygen atoms in total. The van der Waals surface area contributed by atoms with Gasteiger partial charge in [0, 0.05) is 25.7 Å². The molecular weight excluding hydrogens is 476 g/mol. The van der Waals surface area contributed by atoms with Crippen LogP contribution in [0.25, 0.3) is 0 Å². The Morgan fingerprint density at radius 3 is 2.06 bits per heavy atom. The van der Waals surface area contributed by atoms with Gasteiger partial charge in [-0.1, -0.05) is 69.0 Å². The van der Waals surface area contributed by atoms with Gasteiger partial charge < -0.3 is 28.4 Å². The fraction of sp³-hybridized carbons (Fsp3) is 0.560. The standard InChI is InChI=1S/C25H32O9S/c1-5-16(26)30-20-21-23(34-24(32-18(28)7-3)22(20)31-17(27)6-2)25(35-19(8-4)33-21)29-14-15-12-10-9-11-13-15/h9-13,20-24H,5-8,14H2,1-4H3/t20-,21-,22+,23-,24-/m0/s1. The number of hydrogen-bond donors (Lipinski definition) is 0. The highest BCUT2D eigenvalue weighted by molar-refractivity contribution is 7.97. The van der Waals surface area contributed by atoms with Crippen LogP contribution in [-0.4, -0.2) is 58.7 Å². The van der Waals surface area contributed by atoms with Crippen LogP contribution in [0.5, 0.6) is 0 Å². The Labute approximate surface area is 208 Å². The number of ether oxygens (including phenoxy) is 6. The van der Waals surface area contributed by atoms with Crippen molar-refractivity contribution < 1.29 is 42.8 Å². The Bertz CT molecular complexity index is 970. The van der Waals surface area contributed by atoms with Crippen LogP contribution in [0.1, 0.15) is 58.9 Å². The summed E-state index contributed by atoms with van der Waals surface area (Å²) in [4.78, 5) is 36.8. The van der Waals surface area contributed by atoms with E-state index in [0.717, 1.165) is 5.56 Å². The Kier molecular flexibility index (Phi) is 10.0. The maximum atomic E-state index is 12.4. The number of hydrogen-bond acceptors (Lipinski definition) is 9. The molecule has 1 fully saturated rings. The summed E-state index contributed by atoms with van der Waals surface area (Å²) in [6.07, 6.45) is -4.47. The highest BCUT2D eigenvalue weighted by Gasteiger charge is 2.55. The van der Waals surface area contributed by atoms with E-state index >= 15 is 0 Å². The number of fused-ring (bicyclic) bond motifs is 1. The fourth-order valence-corrected chi connectivity index (χ4v) is 4.46. The van der Waals surface area contributed by atoms with Crippen molar-refractivity contribution in [2.45, 2.75) is 90.7 Å². The lowest BCUT2D eigenvalue weighted by Crippen LogP contribution is -2.64. The first-order chi connectivity index (χ1) is 16.9. The summed E-state index contributed by atoms with van der Waals surface area (Å²) in [5.41, 5.74) is 0.954. The summed E-state index contributed by atoms with van der Waals surface area (Å²) in [5.74, 6) is -1.62. The summed E-state index contributed by atoms with van der Waals surface area (Å²) in [6.45, 7) is 7.13. The predicted octanol–water partition coefficient (Wildman–Crippen LogP) is 3.33. The first kappa shape index (κ1) is 27.1. The van der Waals surface area contributed by atoms with Gasteiger partial charge in [0.2, 0.25) is 12.4 Å². The highest BCUT2D eigenvalue weighted by atomic mass is 32.1. The van der Waals surface area contributed by atoms with Crippen LogP contribution >= 0.6 is 10.9 Å². The van der Waals surface area contributed by atoms with E-state index in [1.54, 1.807) is 20.8 Å². The molecule has 1 saturated heterocycles. The number of rotatable bonds is 9. The van der Waals surface area contributed by atoms with Crippen molar-refractivity contribution >= 4 is 38.9 Å². The zero-order valence-corrected chi connectivity index (χ0v) is 21.2. The lowest BCUT2D eigenvalue weighted by molar-refractivity contribution is -0.282. The van der Waals surface area contributed by atoms with Crippen molar-refractivity contribution in [1.82, 2.24) is 0 Å². The minimum atomic E-state index is -1.31. The smallest absolute Gasteiger partial charge is 0.307 e. The first-order valence-corrected chi connectivity index (χ1v) is 12.7. The van der Waals surface area contributed by atoms with Crippen LogP contribution < -0.4 is 0 Å². The second kappa shape index (κ2) is 13.0. The second-order valence-electron chi connectivity index (χ2n) is 7.89. The molecule has 0 amide bonds. The molecule has 0 N–H and O–H groups in total. The number of esters is 3. The SMILES string of the molecule is CCC(=O)O[C@H]1O[C@@H]2C(OCc3ccccc3)=S=C(CC)O[C@H]2[C@H](OC(=O)CC)[C@H]1OC(=O)CC. The lowest BCUT2D eigenvalue weighted by atomic mass is 9.97. The molecule has 0 aromatic heterocycles. The molecule has 192 valence electrons. The van der Waals surface area contributed by atoms with Crippen LogP contribution in [-0.2, 0) is 49.4 Å². The summed E-state index contributed by atoms with van der Waals surface area (Å²) in [7, 11) is 1.28. The summed E-state index contributed by atoms with van der Waals surface area (Å²) >= 11 is 0. The van der Waals surface area contributed by atoms with E-state index in [0.29, 0.717) is 16.5 Å². The minimum absolute atomic E-state index is 0.0775. The molecule has 0 aliphatic carbocycles. The highest BCUT2D eigenvalue weighted by Crippen LogP contribution is 2.33. The van der Waals surface area contributed by atoms with Crippen molar-refractivity contribution in [3.8, 4) is 0 Å². The Morgan fingerprint density at radius 1 is 0.857 bits per heavy atom. The molecule has 2 heterocycles. The van der Waals surface area contributed by atoms with Gasteiger partial charge in [0.25, 0.3) is 0 Å². The van der Waals surface area contributed by atoms with Crippen molar-refractivity contribution in [2.75, 3.05) is 0 Å². The molecule has 0 saturated carbocycles. The van der Waals surface area contributed by atoms with Gasteiger partial charge in [-0.05, 0) is 5.56 Å². The average Bonchev–Trinajstić information content (AvgIpc) is 2.89. The van der Waals surface area contributed by atoms with Gasteiger partial charge in [0.15, 0.2) is 6.10 Å². The van der Waals surface area contributed by atoms with E-state index in [1.807, 2.05) is 37.3 Å². The molecule has 1 aromatic rings. The van der Waals surface area contributed by atoms with Gasteiger partial charge in [0.1, 0.15) is 22.3 Å². The quantitative estimate of drug-likeness (QED) is 0.282. The van der Waals surface area contributed by atoms with E-state index in [2.05, 4.69) is 0 Å². The van der Waals surface area contributed by atoms with Crippen molar-refractivity contribution in [1.29, 1.82) is 0 Å². The van der Waals surface area contributed by atoms with Crippen LogP contribution in [0.2, 0.25) is 0 Å². The maximum absolute atomic E-state index is 12.4. The van der Waals surface area contributed by atoms with Crippen LogP contribution in [0, 0.1) is 0 Å². The number of benzene rings is 1.